The number of rotatable bonds is 10. The van der Waals surface area contributed by atoms with E-state index in [-0.39, 0.29) is 12.5 Å². The van der Waals surface area contributed by atoms with Gasteiger partial charge in [-0.2, -0.15) is 0 Å². The van der Waals surface area contributed by atoms with Gasteiger partial charge in [-0.1, -0.05) is 12.1 Å². The minimum absolute atomic E-state index is 0.159. The highest BCUT2D eigenvalue weighted by molar-refractivity contribution is 5.99. The first kappa shape index (κ1) is 24.2. The van der Waals surface area contributed by atoms with Crippen molar-refractivity contribution in [3.05, 3.63) is 65.5 Å². The zero-order valence-corrected chi connectivity index (χ0v) is 20.3. The number of aliphatic carboxylic acids is 1. The van der Waals surface area contributed by atoms with Crippen molar-refractivity contribution in [2.75, 3.05) is 18.5 Å². The smallest absolute Gasteiger partial charge is 0.326 e. The second kappa shape index (κ2) is 11.0. The number of hydrogen-bond acceptors (Lipinski definition) is 6. The normalized spacial score (nSPS) is 19.6. The van der Waals surface area contributed by atoms with Gasteiger partial charge in [-0.05, 0) is 80.3 Å². The Morgan fingerprint density at radius 2 is 2.08 bits per heavy atom. The van der Waals surface area contributed by atoms with Crippen molar-refractivity contribution in [2.45, 2.75) is 57.1 Å². The maximum atomic E-state index is 12.6. The van der Waals surface area contributed by atoms with Gasteiger partial charge in [0.15, 0.2) is 0 Å². The topological polar surface area (TPSA) is 113 Å². The lowest BCUT2D eigenvalue weighted by molar-refractivity contribution is -0.140. The van der Waals surface area contributed by atoms with Gasteiger partial charge in [-0.25, -0.2) is 9.78 Å². The molecule has 8 heteroatoms. The Bertz CT molecular complexity index is 1240. The van der Waals surface area contributed by atoms with Crippen molar-refractivity contribution in [3.63, 3.8) is 0 Å². The molecule has 188 valence electrons. The monoisotopic (exact) mass is 488 g/mol. The number of hydrogen-bond donors (Lipinski definition) is 3. The summed E-state index contributed by atoms with van der Waals surface area (Å²) in [5, 5.41) is 16.4. The number of aryl methyl sites for hydroxylation is 2. The van der Waals surface area contributed by atoms with Gasteiger partial charge < -0.3 is 20.5 Å². The Labute approximate surface area is 210 Å². The van der Waals surface area contributed by atoms with Gasteiger partial charge in [0.05, 0.1) is 11.6 Å². The molecule has 3 N–H and O–H groups in total. The number of carboxylic acids is 1. The molecule has 0 saturated heterocycles. The summed E-state index contributed by atoms with van der Waals surface area (Å²) in [6.45, 7) is 1.30. The van der Waals surface area contributed by atoms with Gasteiger partial charge in [-0.15, -0.1) is 0 Å². The molecule has 0 unspecified atom stereocenters. The molecule has 8 nitrogen and oxygen atoms in total. The summed E-state index contributed by atoms with van der Waals surface area (Å²) >= 11 is 0. The molecule has 3 heterocycles. The van der Waals surface area contributed by atoms with Crippen LogP contribution in [0.25, 0.3) is 10.9 Å². The molecule has 1 aromatic carbocycles. The number of benzene rings is 1. The summed E-state index contributed by atoms with van der Waals surface area (Å²) in [4.78, 5) is 33.4. The van der Waals surface area contributed by atoms with Crippen molar-refractivity contribution in [1.29, 1.82) is 0 Å². The fourth-order valence-electron chi connectivity index (χ4n) is 4.97. The number of nitrogens with one attached hydrogen (secondary N) is 2. The SMILES string of the molecule is O=C(N[C@@H](CCOC1CC(CCc2ccc3c(n2)NCCC3)C1)C(=O)O)c1ccc2ncccc2c1. The molecule has 5 rings (SSSR count). The van der Waals surface area contributed by atoms with E-state index < -0.39 is 17.9 Å². The molecule has 1 saturated carbocycles. The Balaban J connectivity index is 1.03. The summed E-state index contributed by atoms with van der Waals surface area (Å²) in [5.41, 5.74) is 3.64. The number of fused-ring (bicyclic) bond motifs is 2. The van der Waals surface area contributed by atoms with Gasteiger partial charge in [0.25, 0.3) is 5.91 Å². The van der Waals surface area contributed by atoms with Crippen LogP contribution in [0.3, 0.4) is 0 Å². The van der Waals surface area contributed by atoms with E-state index >= 15 is 0 Å². The molecule has 2 aromatic heterocycles. The van der Waals surface area contributed by atoms with E-state index in [9.17, 15) is 14.7 Å². The van der Waals surface area contributed by atoms with Gasteiger partial charge in [0.1, 0.15) is 11.9 Å². The van der Waals surface area contributed by atoms with Gasteiger partial charge in [0.2, 0.25) is 0 Å². The van der Waals surface area contributed by atoms with Gasteiger partial charge in [0, 0.05) is 42.4 Å². The average Bonchev–Trinajstić information content (AvgIpc) is 2.88. The molecule has 1 fully saturated rings. The van der Waals surface area contributed by atoms with Crippen molar-refractivity contribution < 1.29 is 19.4 Å². The molecule has 1 amide bonds. The van der Waals surface area contributed by atoms with E-state index in [1.807, 2.05) is 6.07 Å². The summed E-state index contributed by atoms with van der Waals surface area (Å²) < 4.78 is 5.91. The minimum atomic E-state index is -1.06. The Hall–Kier alpha value is -3.52. The van der Waals surface area contributed by atoms with Crippen LogP contribution in [0.1, 0.15) is 53.7 Å². The van der Waals surface area contributed by atoms with Gasteiger partial charge in [-0.3, -0.25) is 9.78 Å². The molecule has 1 aliphatic carbocycles. The van der Waals surface area contributed by atoms with Crippen molar-refractivity contribution in [1.82, 2.24) is 15.3 Å². The van der Waals surface area contributed by atoms with Crippen LogP contribution in [0.2, 0.25) is 0 Å². The van der Waals surface area contributed by atoms with Crippen LogP contribution in [0.4, 0.5) is 5.82 Å². The van der Waals surface area contributed by atoms with Crippen LogP contribution >= 0.6 is 0 Å². The fourth-order valence-corrected chi connectivity index (χ4v) is 4.97. The number of anilines is 1. The molecule has 0 spiro atoms. The first-order valence-corrected chi connectivity index (χ1v) is 12.8. The molecule has 1 aliphatic heterocycles. The molecule has 3 aromatic rings. The summed E-state index contributed by atoms with van der Waals surface area (Å²) in [6, 6.07) is 12.2. The van der Waals surface area contributed by atoms with Crippen LogP contribution in [-0.2, 0) is 22.4 Å². The molecular formula is C28H32N4O4. The van der Waals surface area contributed by atoms with Crippen molar-refractivity contribution in [3.8, 4) is 0 Å². The molecule has 0 bridgehead atoms. The summed E-state index contributed by atoms with van der Waals surface area (Å²) in [5.74, 6) is 0.181. The molecule has 36 heavy (non-hydrogen) atoms. The quantitative estimate of drug-likeness (QED) is 0.395. The molecule has 0 radical (unpaired) electrons. The lowest BCUT2D eigenvalue weighted by Crippen LogP contribution is -2.42. The van der Waals surface area contributed by atoms with Crippen LogP contribution in [-0.4, -0.2) is 52.2 Å². The second-order valence-corrected chi connectivity index (χ2v) is 9.77. The molecule has 1 atom stereocenters. The number of pyridine rings is 2. The van der Waals surface area contributed by atoms with Gasteiger partial charge >= 0.3 is 5.97 Å². The van der Waals surface area contributed by atoms with E-state index in [0.29, 0.717) is 18.1 Å². The highest BCUT2D eigenvalue weighted by Crippen LogP contribution is 2.34. The Morgan fingerprint density at radius 1 is 1.19 bits per heavy atom. The molecule has 2 aliphatic rings. The largest absolute Gasteiger partial charge is 0.480 e. The zero-order valence-electron chi connectivity index (χ0n) is 20.3. The van der Waals surface area contributed by atoms with E-state index in [2.05, 4.69) is 27.8 Å². The van der Waals surface area contributed by atoms with E-state index in [0.717, 1.165) is 61.1 Å². The third-order valence-electron chi connectivity index (χ3n) is 7.18. The van der Waals surface area contributed by atoms with Crippen LogP contribution in [0.5, 0.6) is 0 Å². The maximum absolute atomic E-state index is 12.6. The third kappa shape index (κ3) is 5.82. The number of nitrogens with zero attached hydrogens (tertiary/aromatic N) is 2. The number of carboxylic acid groups (broad SMARTS) is 1. The maximum Gasteiger partial charge on any atom is 0.326 e. The summed E-state index contributed by atoms with van der Waals surface area (Å²) in [7, 11) is 0. The van der Waals surface area contributed by atoms with Crippen molar-refractivity contribution in [2.24, 2.45) is 5.92 Å². The predicted molar refractivity (Wildman–Crippen MR) is 137 cm³/mol. The summed E-state index contributed by atoms with van der Waals surface area (Å²) in [6.07, 6.45) is 8.36. The van der Waals surface area contributed by atoms with E-state index in [4.69, 9.17) is 9.72 Å². The molecular weight excluding hydrogens is 456 g/mol. The number of aromatic nitrogens is 2. The second-order valence-electron chi connectivity index (χ2n) is 9.77. The average molecular weight is 489 g/mol. The fraction of sp³-hybridized carbons (Fsp3) is 0.429. The number of carbonyl (C=O) groups excluding carboxylic acids is 1. The number of amides is 1. The predicted octanol–water partition coefficient (Wildman–Crippen LogP) is 3.99. The lowest BCUT2D eigenvalue weighted by atomic mass is 9.79. The van der Waals surface area contributed by atoms with E-state index in [1.54, 1.807) is 30.5 Å². The standard InChI is InChI=1S/C28H32N4O4/c33-27(21-7-10-24-20(17-21)4-2-12-29-24)32-25(28(34)35)11-14-36-23-15-18(16-23)5-8-22-9-6-19-3-1-13-30-26(19)31-22/h2,4,6-7,9-10,12,17-18,23,25H,1,3,5,8,11,13-16H2,(H,30,31)(H,32,33)(H,34,35)/t18?,23?,25-/m0/s1. The first-order chi connectivity index (χ1) is 17.5. The Kier molecular flexibility index (Phi) is 7.41. The highest BCUT2D eigenvalue weighted by atomic mass is 16.5. The zero-order chi connectivity index (χ0) is 24.9. The number of ether oxygens (including phenoxy) is 1. The van der Waals surface area contributed by atoms with Crippen LogP contribution < -0.4 is 10.6 Å². The Morgan fingerprint density at radius 3 is 2.94 bits per heavy atom. The minimum Gasteiger partial charge on any atom is -0.480 e. The van der Waals surface area contributed by atoms with Crippen LogP contribution in [0, 0.1) is 5.92 Å². The first-order valence-electron chi connectivity index (χ1n) is 12.8. The lowest BCUT2D eigenvalue weighted by Gasteiger charge is -2.35. The van der Waals surface area contributed by atoms with E-state index in [1.165, 1.54) is 12.0 Å². The van der Waals surface area contributed by atoms with Crippen LogP contribution in [0.15, 0.2) is 48.7 Å². The highest BCUT2D eigenvalue weighted by Gasteiger charge is 2.30. The van der Waals surface area contributed by atoms with Crippen molar-refractivity contribution >= 4 is 28.6 Å². The third-order valence-corrected chi connectivity index (χ3v) is 7.18. The number of carbonyl (C=O) groups is 2.